The molecule has 0 saturated heterocycles. The molecule has 0 aliphatic carbocycles. The van der Waals surface area contributed by atoms with Gasteiger partial charge in [-0.25, -0.2) is 4.79 Å². The van der Waals surface area contributed by atoms with Gasteiger partial charge in [-0.2, -0.15) is 4.98 Å². The second kappa shape index (κ2) is 5.98. The van der Waals surface area contributed by atoms with E-state index in [0.717, 1.165) is 26.5 Å². The summed E-state index contributed by atoms with van der Waals surface area (Å²) in [4.78, 5) is 20.5. The molecule has 0 radical (unpaired) electrons. The number of nitrogens with one attached hydrogen (secondary N) is 2. The number of carbonyl (C=O) groups excluding carboxylic acids is 1. The minimum absolute atomic E-state index is 0.170. The molecule has 6 nitrogen and oxygen atoms in total. The van der Waals surface area contributed by atoms with Crippen LogP contribution in [0.15, 0.2) is 52.3 Å². The Morgan fingerprint density at radius 2 is 1.95 bits per heavy atom. The van der Waals surface area contributed by atoms with Gasteiger partial charge < -0.3 is 20.8 Å². The number of nitrogen functional groups attached to an aromatic ring is 1. The van der Waals surface area contributed by atoms with Crippen LogP contribution in [0.5, 0.6) is 6.01 Å². The number of nitrogens with zero attached hydrogens (tertiary/aromatic N) is 1. The number of hydrogen-bond acceptors (Lipinski definition) is 5. The number of fused-ring (bicyclic) bond motifs is 1. The molecule has 0 saturated carbocycles. The summed E-state index contributed by atoms with van der Waals surface area (Å²) in [5.74, 6) is 0. The Bertz CT molecular complexity index is 814. The predicted molar refractivity (Wildman–Crippen MR) is 86.2 cm³/mol. The first-order chi connectivity index (χ1) is 10.6. The molecule has 4 N–H and O–H groups in total. The normalized spacial score (nSPS) is 10.6. The van der Waals surface area contributed by atoms with Crippen molar-refractivity contribution < 1.29 is 9.53 Å². The molecule has 3 rings (SSSR count). The number of hydrogen-bond donors (Lipinski definition) is 3. The summed E-state index contributed by atoms with van der Waals surface area (Å²) in [6.45, 7) is 0. The van der Waals surface area contributed by atoms with E-state index in [4.69, 9.17) is 10.5 Å². The highest BCUT2D eigenvalue weighted by Gasteiger charge is 2.08. The van der Waals surface area contributed by atoms with Gasteiger partial charge >= 0.3 is 12.1 Å². The van der Waals surface area contributed by atoms with Gasteiger partial charge in [0.05, 0.1) is 11.0 Å². The van der Waals surface area contributed by atoms with Gasteiger partial charge in [0, 0.05) is 22.5 Å². The highest BCUT2D eigenvalue weighted by molar-refractivity contribution is 7.99. The topological polar surface area (TPSA) is 93.0 Å². The molecule has 0 atom stereocenters. The van der Waals surface area contributed by atoms with Crippen molar-refractivity contribution in [1.82, 2.24) is 15.3 Å². The van der Waals surface area contributed by atoms with Gasteiger partial charge in [-0.15, -0.1) is 0 Å². The van der Waals surface area contributed by atoms with Crippen molar-refractivity contribution in [3.63, 3.8) is 0 Å². The second-order valence-corrected chi connectivity index (χ2v) is 5.68. The van der Waals surface area contributed by atoms with Gasteiger partial charge in [0.15, 0.2) is 0 Å². The van der Waals surface area contributed by atoms with E-state index in [2.05, 4.69) is 15.3 Å². The zero-order valence-corrected chi connectivity index (χ0v) is 12.6. The third-order valence-corrected chi connectivity index (χ3v) is 3.94. The first-order valence-corrected chi connectivity index (χ1v) is 7.38. The van der Waals surface area contributed by atoms with Crippen LogP contribution in [0.3, 0.4) is 0 Å². The lowest BCUT2D eigenvalue weighted by molar-refractivity contribution is 0.199. The predicted octanol–water partition coefficient (Wildman–Crippen LogP) is 3.01. The van der Waals surface area contributed by atoms with Crippen LogP contribution in [0.2, 0.25) is 0 Å². The van der Waals surface area contributed by atoms with Gasteiger partial charge in [0.1, 0.15) is 0 Å². The van der Waals surface area contributed by atoms with Crippen molar-refractivity contribution in [3.05, 3.63) is 42.5 Å². The number of aromatic nitrogens is 2. The van der Waals surface area contributed by atoms with E-state index >= 15 is 0 Å². The van der Waals surface area contributed by atoms with Crippen LogP contribution in [0.25, 0.3) is 11.0 Å². The Morgan fingerprint density at radius 3 is 2.68 bits per heavy atom. The summed E-state index contributed by atoms with van der Waals surface area (Å²) in [5.41, 5.74) is 7.96. The van der Waals surface area contributed by atoms with Crippen LogP contribution in [-0.2, 0) is 0 Å². The number of aromatic amines is 1. The Kier molecular flexibility index (Phi) is 3.88. The van der Waals surface area contributed by atoms with Gasteiger partial charge in [0.25, 0.3) is 0 Å². The molecule has 0 unspecified atom stereocenters. The average molecular weight is 314 g/mol. The molecule has 0 fully saturated rings. The molecule has 1 heterocycles. The quantitative estimate of drug-likeness (QED) is 0.646. The zero-order chi connectivity index (χ0) is 15.5. The van der Waals surface area contributed by atoms with Crippen molar-refractivity contribution in [1.29, 1.82) is 0 Å². The number of benzene rings is 2. The van der Waals surface area contributed by atoms with Gasteiger partial charge in [-0.1, -0.05) is 11.8 Å². The number of nitrogens with two attached hydrogens (primary N) is 1. The van der Waals surface area contributed by atoms with Gasteiger partial charge in [-0.3, -0.25) is 0 Å². The van der Waals surface area contributed by atoms with Crippen LogP contribution in [0, 0.1) is 0 Å². The standard InChI is InChI=1S/C15H14N4O2S/c1-17-15(20)21-14-18-12-7-6-11(8-13(12)19-14)22-10-4-2-9(16)3-5-10/h2-8H,16H2,1H3,(H,17,20)(H,18,19). The van der Waals surface area contributed by atoms with Crippen molar-refractivity contribution >= 4 is 34.6 Å². The number of rotatable bonds is 3. The van der Waals surface area contributed by atoms with E-state index in [-0.39, 0.29) is 6.01 Å². The molecular formula is C15H14N4O2S. The summed E-state index contributed by atoms with van der Waals surface area (Å²) in [6.07, 6.45) is -0.560. The highest BCUT2D eigenvalue weighted by atomic mass is 32.2. The van der Waals surface area contributed by atoms with Crippen LogP contribution < -0.4 is 15.8 Å². The smallest absolute Gasteiger partial charge is 0.399 e. The third kappa shape index (κ3) is 3.15. The molecule has 3 aromatic rings. The third-order valence-electron chi connectivity index (χ3n) is 2.94. The lowest BCUT2D eigenvalue weighted by Gasteiger charge is -2.02. The van der Waals surface area contributed by atoms with Crippen LogP contribution >= 0.6 is 11.8 Å². The van der Waals surface area contributed by atoms with Crippen LogP contribution in [0.4, 0.5) is 10.5 Å². The van der Waals surface area contributed by atoms with E-state index in [1.54, 1.807) is 11.8 Å². The number of ether oxygens (including phenoxy) is 1. The molecule has 7 heteroatoms. The van der Waals surface area contributed by atoms with Crippen LogP contribution in [-0.4, -0.2) is 23.1 Å². The second-order valence-electron chi connectivity index (χ2n) is 4.53. The first-order valence-electron chi connectivity index (χ1n) is 6.57. The minimum atomic E-state index is -0.560. The zero-order valence-electron chi connectivity index (χ0n) is 11.8. The molecule has 1 aromatic heterocycles. The number of anilines is 1. The summed E-state index contributed by atoms with van der Waals surface area (Å²) in [6, 6.07) is 13.6. The van der Waals surface area contributed by atoms with Crippen molar-refractivity contribution in [3.8, 4) is 6.01 Å². The maximum absolute atomic E-state index is 11.2. The lowest BCUT2D eigenvalue weighted by atomic mass is 10.3. The largest absolute Gasteiger partial charge is 0.414 e. The number of carbonyl (C=O) groups is 1. The molecule has 112 valence electrons. The SMILES string of the molecule is CNC(=O)Oc1nc2ccc(Sc3ccc(N)cc3)cc2[nH]1. The number of imidazole rings is 1. The van der Waals surface area contributed by atoms with Crippen molar-refractivity contribution in [2.24, 2.45) is 0 Å². The highest BCUT2D eigenvalue weighted by Crippen LogP contribution is 2.30. The van der Waals surface area contributed by atoms with E-state index in [0.29, 0.717) is 0 Å². The first kappa shape index (κ1) is 14.3. The summed E-state index contributed by atoms with van der Waals surface area (Å²) < 4.78 is 4.98. The molecule has 2 aromatic carbocycles. The van der Waals surface area contributed by atoms with E-state index < -0.39 is 6.09 Å². The van der Waals surface area contributed by atoms with E-state index in [9.17, 15) is 4.79 Å². The summed E-state index contributed by atoms with van der Waals surface area (Å²) in [5, 5.41) is 2.37. The Morgan fingerprint density at radius 1 is 1.23 bits per heavy atom. The molecule has 0 bridgehead atoms. The molecule has 1 amide bonds. The molecule has 0 aliphatic rings. The lowest BCUT2D eigenvalue weighted by Crippen LogP contribution is -2.22. The minimum Gasteiger partial charge on any atom is -0.399 e. The fourth-order valence-corrected chi connectivity index (χ4v) is 2.75. The fourth-order valence-electron chi connectivity index (χ4n) is 1.89. The molecule has 0 aliphatic heterocycles. The van der Waals surface area contributed by atoms with E-state index in [1.165, 1.54) is 7.05 Å². The number of H-pyrrole nitrogens is 1. The fraction of sp³-hybridized carbons (Fsp3) is 0.0667. The maximum atomic E-state index is 11.2. The Hall–Kier alpha value is -2.67. The Balaban J connectivity index is 1.83. The molecular weight excluding hydrogens is 300 g/mol. The Labute approximate surface area is 131 Å². The molecule has 0 spiro atoms. The van der Waals surface area contributed by atoms with Gasteiger partial charge in [0.2, 0.25) is 0 Å². The maximum Gasteiger partial charge on any atom is 0.414 e. The number of amides is 1. The summed E-state index contributed by atoms with van der Waals surface area (Å²) in [7, 11) is 1.49. The average Bonchev–Trinajstić information content (AvgIpc) is 2.91. The van der Waals surface area contributed by atoms with Crippen molar-refractivity contribution in [2.75, 3.05) is 12.8 Å². The van der Waals surface area contributed by atoms with Crippen LogP contribution in [0.1, 0.15) is 0 Å². The molecule has 22 heavy (non-hydrogen) atoms. The van der Waals surface area contributed by atoms with Gasteiger partial charge in [-0.05, 0) is 42.5 Å². The monoisotopic (exact) mass is 314 g/mol. The van der Waals surface area contributed by atoms with Crippen molar-refractivity contribution in [2.45, 2.75) is 9.79 Å². The van der Waals surface area contributed by atoms with E-state index in [1.807, 2.05) is 42.5 Å². The summed E-state index contributed by atoms with van der Waals surface area (Å²) >= 11 is 1.62.